The van der Waals surface area contributed by atoms with E-state index in [2.05, 4.69) is 61.9 Å². The van der Waals surface area contributed by atoms with Crippen LogP contribution in [0.5, 0.6) is 5.75 Å². The molecule has 1 aliphatic rings. The second-order valence-corrected chi connectivity index (χ2v) is 9.28. The van der Waals surface area contributed by atoms with Gasteiger partial charge in [0.1, 0.15) is 5.75 Å². The molecule has 2 N–H and O–H groups in total. The van der Waals surface area contributed by atoms with Crippen molar-refractivity contribution in [3.63, 3.8) is 0 Å². The molecule has 0 amide bonds. The maximum absolute atomic E-state index is 12.0. The average molecular weight is 446 g/mol. The molecule has 2 atom stereocenters. The predicted octanol–water partition coefficient (Wildman–Crippen LogP) is 3.08. The highest BCUT2D eigenvalue weighted by Gasteiger charge is 2.12. The molecule has 0 saturated carbocycles. The Balaban J connectivity index is 0.000000545. The molecule has 1 aromatic rings. The molecule has 0 bridgehead atoms. The first-order valence-corrected chi connectivity index (χ1v) is 12.0. The molecule has 30 heavy (non-hydrogen) atoms. The largest absolute Gasteiger partial charge is 0.494 e. The Hall–Kier alpha value is -1.51. The van der Waals surface area contributed by atoms with E-state index in [0.29, 0.717) is 0 Å². The monoisotopic (exact) mass is 445 g/mol. The predicted molar refractivity (Wildman–Crippen MR) is 125 cm³/mol. The maximum atomic E-state index is 12.0. The Labute approximate surface area is 184 Å². The van der Waals surface area contributed by atoms with Crippen molar-refractivity contribution < 1.29 is 18.1 Å². The summed E-state index contributed by atoms with van der Waals surface area (Å²) in [6.45, 7) is 14.0. The summed E-state index contributed by atoms with van der Waals surface area (Å²) in [5.74, 6) is 1.84. The fraction of sp³-hybridized carbons (Fsp3) is 0.682. The van der Waals surface area contributed by atoms with E-state index in [4.69, 9.17) is 10.5 Å². The molecule has 1 fully saturated rings. The molecular weight excluding hydrogens is 405 g/mol. The Kier molecular flexibility index (Phi) is 16.3. The van der Waals surface area contributed by atoms with E-state index in [0.717, 1.165) is 37.9 Å². The Morgan fingerprint density at radius 1 is 1.17 bits per heavy atom. The number of likely N-dealkylation sites (N-methyl/N-ethyl adjacent to an activating group) is 1. The SMILES string of the molecule is CC(C)C.CCOc1ccc(N2CCCN(C)CC2)cc1.NCCS(=O)C(F)C=O. The summed E-state index contributed by atoms with van der Waals surface area (Å²) in [4.78, 5) is 14.5. The lowest BCUT2D eigenvalue weighted by molar-refractivity contribution is -0.109. The summed E-state index contributed by atoms with van der Waals surface area (Å²) in [7, 11) is 0.472. The summed E-state index contributed by atoms with van der Waals surface area (Å²) in [5, 5.41) is 0. The number of rotatable bonds is 7. The van der Waals surface area contributed by atoms with Crippen molar-refractivity contribution in [2.45, 2.75) is 39.6 Å². The van der Waals surface area contributed by atoms with Crippen molar-refractivity contribution in [3.05, 3.63) is 24.3 Å². The molecule has 174 valence electrons. The van der Waals surface area contributed by atoms with Crippen LogP contribution in [0.25, 0.3) is 0 Å². The fourth-order valence-corrected chi connectivity index (χ4v) is 3.10. The lowest BCUT2D eigenvalue weighted by Gasteiger charge is -2.23. The maximum Gasteiger partial charge on any atom is 0.229 e. The van der Waals surface area contributed by atoms with E-state index < -0.39 is 16.3 Å². The molecule has 6 nitrogen and oxygen atoms in total. The van der Waals surface area contributed by atoms with Crippen LogP contribution < -0.4 is 15.4 Å². The smallest absolute Gasteiger partial charge is 0.229 e. The van der Waals surface area contributed by atoms with Crippen molar-refractivity contribution in [1.82, 2.24) is 4.90 Å². The normalized spacial score (nSPS) is 16.3. The number of alkyl halides is 1. The summed E-state index contributed by atoms with van der Waals surface area (Å²) < 4.78 is 27.9. The van der Waals surface area contributed by atoms with Gasteiger partial charge in [-0.3, -0.25) is 9.00 Å². The van der Waals surface area contributed by atoms with Crippen molar-refractivity contribution in [1.29, 1.82) is 0 Å². The highest BCUT2D eigenvalue weighted by molar-refractivity contribution is 7.86. The first-order chi connectivity index (χ1) is 14.2. The number of anilines is 1. The number of nitrogens with two attached hydrogens (primary N) is 1. The quantitative estimate of drug-likeness (QED) is 0.650. The molecule has 1 heterocycles. The third kappa shape index (κ3) is 13.7. The topological polar surface area (TPSA) is 75.9 Å². The van der Waals surface area contributed by atoms with Gasteiger partial charge in [-0.25, -0.2) is 4.39 Å². The van der Waals surface area contributed by atoms with E-state index in [9.17, 15) is 13.4 Å². The van der Waals surface area contributed by atoms with Gasteiger partial charge >= 0.3 is 0 Å². The lowest BCUT2D eigenvalue weighted by atomic mass is 10.2. The van der Waals surface area contributed by atoms with Gasteiger partial charge in [0.25, 0.3) is 0 Å². The Morgan fingerprint density at radius 2 is 1.77 bits per heavy atom. The minimum atomic E-state index is -1.87. The third-order valence-corrected chi connectivity index (χ3v) is 5.16. The first kappa shape index (κ1) is 28.5. The minimum absolute atomic E-state index is 0.0196. The van der Waals surface area contributed by atoms with Crippen molar-refractivity contribution in [2.24, 2.45) is 11.7 Å². The van der Waals surface area contributed by atoms with Crippen LogP contribution in [-0.4, -0.2) is 73.0 Å². The van der Waals surface area contributed by atoms with Crippen LogP contribution in [-0.2, 0) is 15.6 Å². The van der Waals surface area contributed by atoms with Gasteiger partial charge in [0.15, 0.2) is 6.29 Å². The number of hydrogen-bond donors (Lipinski definition) is 1. The molecule has 0 aliphatic carbocycles. The van der Waals surface area contributed by atoms with E-state index in [1.807, 2.05) is 6.92 Å². The lowest BCUT2D eigenvalue weighted by Crippen LogP contribution is -2.28. The summed E-state index contributed by atoms with van der Waals surface area (Å²) in [6.07, 6.45) is 1.26. The third-order valence-electron chi connectivity index (χ3n) is 3.91. The number of halogens is 1. The fourth-order valence-electron chi connectivity index (χ4n) is 2.52. The van der Waals surface area contributed by atoms with Crippen molar-refractivity contribution >= 4 is 22.8 Å². The average Bonchev–Trinajstić information content (AvgIpc) is 2.93. The molecule has 0 aromatic heterocycles. The number of aldehydes is 1. The highest BCUT2D eigenvalue weighted by Crippen LogP contribution is 2.20. The van der Waals surface area contributed by atoms with Gasteiger partial charge in [-0.15, -0.1) is 0 Å². The van der Waals surface area contributed by atoms with Crippen LogP contribution in [0.2, 0.25) is 0 Å². The molecule has 0 radical (unpaired) electrons. The molecule has 1 aliphatic heterocycles. The zero-order valence-corrected chi connectivity index (χ0v) is 20.0. The summed E-state index contributed by atoms with van der Waals surface area (Å²) in [6, 6.07) is 8.45. The van der Waals surface area contributed by atoms with Gasteiger partial charge in [-0.05, 0) is 57.1 Å². The van der Waals surface area contributed by atoms with E-state index in [1.54, 1.807) is 0 Å². The number of ether oxygens (including phenoxy) is 1. The number of nitrogens with zero attached hydrogens (tertiary/aromatic N) is 2. The standard InChI is InChI=1S/C14H22N2O.C4H8FNO2S.C4H10/c1-3-17-14-7-5-13(6-8-14)16-10-4-9-15(2)11-12-16;5-4(3-7)9(8)2-1-6;1-4(2)3/h5-8H,3-4,9-12H2,1-2H3;3-4H,1-2,6H2;4H,1-3H3. The molecule has 8 heteroatoms. The second-order valence-electron chi connectivity index (χ2n) is 7.66. The second kappa shape index (κ2) is 17.2. The number of carbonyl (C=O) groups is 1. The Morgan fingerprint density at radius 3 is 2.27 bits per heavy atom. The molecule has 2 rings (SSSR count). The van der Waals surface area contributed by atoms with Crippen LogP contribution in [0.3, 0.4) is 0 Å². The summed E-state index contributed by atoms with van der Waals surface area (Å²) in [5.41, 5.74) is 4.39. The number of benzene rings is 1. The highest BCUT2D eigenvalue weighted by atomic mass is 32.2. The van der Waals surface area contributed by atoms with Crippen LogP contribution in [0.15, 0.2) is 24.3 Å². The molecule has 1 aromatic carbocycles. The number of hydrogen-bond acceptors (Lipinski definition) is 6. The zero-order valence-electron chi connectivity index (χ0n) is 19.2. The first-order valence-electron chi connectivity index (χ1n) is 10.6. The summed E-state index contributed by atoms with van der Waals surface area (Å²) >= 11 is 0. The van der Waals surface area contributed by atoms with Crippen LogP contribution in [0, 0.1) is 5.92 Å². The van der Waals surface area contributed by atoms with Crippen molar-refractivity contribution in [3.8, 4) is 5.75 Å². The van der Waals surface area contributed by atoms with Crippen molar-refractivity contribution in [2.75, 3.05) is 57.0 Å². The molecule has 2 unspecified atom stereocenters. The van der Waals surface area contributed by atoms with E-state index in [-0.39, 0.29) is 18.6 Å². The van der Waals surface area contributed by atoms with Gasteiger partial charge in [0, 0.05) is 37.6 Å². The number of carbonyl (C=O) groups excluding carboxylic acids is 1. The molecular formula is C22H40FN3O3S. The molecule has 0 spiro atoms. The Bertz CT molecular complexity index is 585. The van der Waals surface area contributed by atoms with Gasteiger partial charge in [0.05, 0.1) is 17.4 Å². The van der Waals surface area contributed by atoms with Gasteiger partial charge in [-0.2, -0.15) is 0 Å². The molecule has 1 saturated heterocycles. The van der Waals surface area contributed by atoms with E-state index >= 15 is 0 Å². The zero-order chi connectivity index (χ0) is 22.9. The van der Waals surface area contributed by atoms with Crippen LogP contribution >= 0.6 is 0 Å². The van der Waals surface area contributed by atoms with Gasteiger partial charge < -0.3 is 20.3 Å². The van der Waals surface area contributed by atoms with Gasteiger partial charge in [0.2, 0.25) is 5.50 Å². The van der Waals surface area contributed by atoms with E-state index in [1.165, 1.54) is 18.7 Å². The van der Waals surface area contributed by atoms with Crippen LogP contribution in [0.4, 0.5) is 10.1 Å². The van der Waals surface area contributed by atoms with Crippen LogP contribution in [0.1, 0.15) is 34.1 Å². The van der Waals surface area contributed by atoms with Gasteiger partial charge in [-0.1, -0.05) is 20.8 Å². The minimum Gasteiger partial charge on any atom is -0.494 e.